The van der Waals surface area contributed by atoms with E-state index in [2.05, 4.69) is 25.2 Å². The topological polar surface area (TPSA) is 41.5 Å². The van der Waals surface area contributed by atoms with Crippen molar-refractivity contribution in [2.24, 2.45) is 5.41 Å². The van der Waals surface area contributed by atoms with Crippen molar-refractivity contribution in [2.45, 2.75) is 39.2 Å². The molecule has 0 amide bonds. The van der Waals surface area contributed by atoms with E-state index in [0.717, 1.165) is 43.7 Å². The minimum atomic E-state index is 0.0840. The highest BCUT2D eigenvalue weighted by molar-refractivity contribution is 6.32. The molecule has 0 fully saturated rings. The average Bonchev–Trinajstić information content (AvgIpc) is 2.60. The predicted molar refractivity (Wildman–Crippen MR) is 82.4 cm³/mol. The molecule has 1 heterocycles. The monoisotopic (exact) mass is 297 g/mol. The molecule has 0 aromatic heterocycles. The van der Waals surface area contributed by atoms with Gasteiger partial charge in [0, 0.05) is 24.8 Å². The SMILES string of the molecule is CC(C)(CCO)CNC1CCCOc2c(Cl)cccc21. The molecule has 0 spiro atoms. The van der Waals surface area contributed by atoms with E-state index in [-0.39, 0.29) is 18.1 Å². The summed E-state index contributed by atoms with van der Waals surface area (Å²) < 4.78 is 5.78. The molecule has 112 valence electrons. The van der Waals surface area contributed by atoms with Crippen molar-refractivity contribution in [2.75, 3.05) is 19.8 Å². The third-order valence-corrected chi connectivity index (χ3v) is 4.17. The van der Waals surface area contributed by atoms with Gasteiger partial charge in [0.15, 0.2) is 0 Å². The van der Waals surface area contributed by atoms with Gasteiger partial charge in [-0.15, -0.1) is 0 Å². The van der Waals surface area contributed by atoms with Crippen molar-refractivity contribution < 1.29 is 9.84 Å². The summed E-state index contributed by atoms with van der Waals surface area (Å²) in [6.07, 6.45) is 2.86. The van der Waals surface area contributed by atoms with Gasteiger partial charge in [-0.3, -0.25) is 0 Å². The van der Waals surface area contributed by atoms with Crippen LogP contribution in [0.5, 0.6) is 5.75 Å². The number of aliphatic hydroxyl groups is 1. The van der Waals surface area contributed by atoms with Gasteiger partial charge in [-0.2, -0.15) is 0 Å². The van der Waals surface area contributed by atoms with Gasteiger partial charge in [0.05, 0.1) is 11.6 Å². The largest absolute Gasteiger partial charge is 0.492 e. The zero-order chi connectivity index (χ0) is 14.6. The van der Waals surface area contributed by atoms with Crippen LogP contribution in [0.4, 0.5) is 0 Å². The highest BCUT2D eigenvalue weighted by Gasteiger charge is 2.24. The number of aliphatic hydroxyl groups excluding tert-OH is 1. The van der Waals surface area contributed by atoms with E-state index in [1.807, 2.05) is 12.1 Å². The second kappa shape index (κ2) is 6.79. The molecule has 1 aliphatic heterocycles. The molecule has 2 rings (SSSR count). The molecule has 0 aliphatic carbocycles. The van der Waals surface area contributed by atoms with E-state index in [0.29, 0.717) is 5.02 Å². The normalized spacial score (nSPS) is 19.1. The van der Waals surface area contributed by atoms with E-state index >= 15 is 0 Å². The molecule has 1 aromatic carbocycles. The summed E-state index contributed by atoms with van der Waals surface area (Å²) in [5, 5.41) is 13.4. The van der Waals surface area contributed by atoms with Gasteiger partial charge < -0.3 is 15.2 Å². The van der Waals surface area contributed by atoms with Crippen LogP contribution < -0.4 is 10.1 Å². The fourth-order valence-electron chi connectivity index (χ4n) is 2.57. The third-order valence-electron chi connectivity index (χ3n) is 3.87. The maximum Gasteiger partial charge on any atom is 0.142 e. The van der Waals surface area contributed by atoms with Crippen LogP contribution in [-0.2, 0) is 0 Å². The number of fused-ring (bicyclic) bond motifs is 1. The molecule has 1 unspecified atom stereocenters. The van der Waals surface area contributed by atoms with Crippen LogP contribution in [0.15, 0.2) is 18.2 Å². The number of hydrogen-bond donors (Lipinski definition) is 2. The number of para-hydroxylation sites is 1. The Morgan fingerprint density at radius 3 is 3.00 bits per heavy atom. The second-order valence-corrected chi connectivity index (χ2v) is 6.63. The highest BCUT2D eigenvalue weighted by atomic mass is 35.5. The lowest BCUT2D eigenvalue weighted by atomic mass is 9.89. The molecule has 0 saturated carbocycles. The van der Waals surface area contributed by atoms with Gasteiger partial charge in [0.1, 0.15) is 5.75 Å². The summed E-state index contributed by atoms with van der Waals surface area (Å²) in [7, 11) is 0. The lowest BCUT2D eigenvalue weighted by molar-refractivity contribution is 0.202. The van der Waals surface area contributed by atoms with E-state index in [1.54, 1.807) is 0 Å². The number of halogens is 1. The van der Waals surface area contributed by atoms with Crippen molar-refractivity contribution >= 4 is 11.6 Å². The molecule has 1 atom stereocenters. The Balaban J connectivity index is 2.11. The summed E-state index contributed by atoms with van der Waals surface area (Å²) in [5.74, 6) is 0.823. The van der Waals surface area contributed by atoms with Crippen molar-refractivity contribution in [3.8, 4) is 5.75 Å². The third kappa shape index (κ3) is 3.87. The van der Waals surface area contributed by atoms with Crippen molar-refractivity contribution in [3.05, 3.63) is 28.8 Å². The van der Waals surface area contributed by atoms with Gasteiger partial charge in [-0.05, 0) is 30.7 Å². The van der Waals surface area contributed by atoms with E-state index in [4.69, 9.17) is 21.4 Å². The summed E-state index contributed by atoms with van der Waals surface area (Å²) >= 11 is 6.23. The molecule has 1 aromatic rings. The molecule has 0 bridgehead atoms. The first kappa shape index (κ1) is 15.6. The Hall–Kier alpha value is -0.770. The first-order chi connectivity index (χ1) is 9.53. The standard InChI is InChI=1S/C16H24ClNO2/c1-16(2,8-9-19)11-18-14-7-4-10-20-15-12(14)5-3-6-13(15)17/h3,5-6,14,18-19H,4,7-11H2,1-2H3. The van der Waals surface area contributed by atoms with Gasteiger partial charge in [0.2, 0.25) is 0 Å². The summed E-state index contributed by atoms with van der Waals surface area (Å²) in [5.41, 5.74) is 1.23. The molecular formula is C16H24ClNO2. The van der Waals surface area contributed by atoms with Crippen LogP contribution in [-0.4, -0.2) is 24.9 Å². The number of benzene rings is 1. The molecule has 3 nitrogen and oxygen atoms in total. The van der Waals surface area contributed by atoms with Gasteiger partial charge in [0.25, 0.3) is 0 Å². The van der Waals surface area contributed by atoms with Crippen LogP contribution >= 0.6 is 11.6 Å². The van der Waals surface area contributed by atoms with E-state index < -0.39 is 0 Å². The fraction of sp³-hybridized carbons (Fsp3) is 0.625. The Morgan fingerprint density at radius 2 is 2.25 bits per heavy atom. The van der Waals surface area contributed by atoms with Crippen LogP contribution in [0.1, 0.15) is 44.7 Å². The lowest BCUT2D eigenvalue weighted by Gasteiger charge is -2.28. The molecule has 1 aliphatic rings. The second-order valence-electron chi connectivity index (χ2n) is 6.22. The Bertz CT molecular complexity index is 448. The van der Waals surface area contributed by atoms with E-state index in [1.165, 1.54) is 0 Å². The van der Waals surface area contributed by atoms with Crippen LogP contribution in [0.25, 0.3) is 0 Å². The van der Waals surface area contributed by atoms with Crippen LogP contribution in [0.2, 0.25) is 5.02 Å². The number of hydrogen-bond acceptors (Lipinski definition) is 3. The Labute approximate surface area is 126 Å². The summed E-state index contributed by atoms with van der Waals surface area (Å²) in [4.78, 5) is 0. The van der Waals surface area contributed by atoms with Crippen molar-refractivity contribution in [1.29, 1.82) is 0 Å². The first-order valence-corrected chi connectivity index (χ1v) is 7.67. The van der Waals surface area contributed by atoms with Gasteiger partial charge in [-0.25, -0.2) is 0 Å². The predicted octanol–water partition coefficient (Wildman–Crippen LogP) is 3.55. The minimum absolute atomic E-state index is 0.0840. The number of nitrogens with one attached hydrogen (secondary N) is 1. The zero-order valence-electron chi connectivity index (χ0n) is 12.3. The maximum atomic E-state index is 9.11. The maximum absolute atomic E-state index is 9.11. The summed E-state index contributed by atoms with van der Waals surface area (Å²) in [6.45, 7) is 6.15. The molecule has 20 heavy (non-hydrogen) atoms. The highest BCUT2D eigenvalue weighted by Crippen LogP contribution is 2.37. The number of ether oxygens (including phenoxy) is 1. The van der Waals surface area contributed by atoms with Crippen molar-refractivity contribution in [1.82, 2.24) is 5.32 Å². The Kier molecular flexibility index (Phi) is 5.30. The molecular weight excluding hydrogens is 274 g/mol. The molecule has 0 saturated heterocycles. The van der Waals surface area contributed by atoms with Gasteiger partial charge >= 0.3 is 0 Å². The zero-order valence-corrected chi connectivity index (χ0v) is 13.0. The number of rotatable bonds is 5. The molecule has 0 radical (unpaired) electrons. The molecule has 2 N–H and O–H groups in total. The average molecular weight is 298 g/mol. The van der Waals surface area contributed by atoms with Crippen molar-refractivity contribution in [3.63, 3.8) is 0 Å². The lowest BCUT2D eigenvalue weighted by Crippen LogP contribution is -2.33. The van der Waals surface area contributed by atoms with E-state index in [9.17, 15) is 0 Å². The smallest absolute Gasteiger partial charge is 0.142 e. The summed E-state index contributed by atoms with van der Waals surface area (Å²) in [6, 6.07) is 6.20. The van der Waals surface area contributed by atoms with Crippen LogP contribution in [0, 0.1) is 5.41 Å². The Morgan fingerprint density at radius 1 is 1.45 bits per heavy atom. The quantitative estimate of drug-likeness (QED) is 0.873. The van der Waals surface area contributed by atoms with Gasteiger partial charge in [-0.1, -0.05) is 37.6 Å². The molecule has 4 heteroatoms. The fourth-order valence-corrected chi connectivity index (χ4v) is 2.81. The minimum Gasteiger partial charge on any atom is -0.492 e. The first-order valence-electron chi connectivity index (χ1n) is 7.29. The van der Waals surface area contributed by atoms with Crippen LogP contribution in [0.3, 0.4) is 0 Å².